The zero-order chi connectivity index (χ0) is 20.7. The van der Waals surface area contributed by atoms with Gasteiger partial charge in [-0.2, -0.15) is 0 Å². The number of benzene rings is 1. The Morgan fingerprint density at radius 1 is 1.25 bits per heavy atom. The largest absolute Gasteiger partial charge is 0.494 e. The molecular weight excluding hydrogens is 372 g/mol. The number of pyridine rings is 1. The van der Waals surface area contributed by atoms with Gasteiger partial charge in [0.2, 0.25) is 0 Å². The lowest BCUT2D eigenvalue weighted by molar-refractivity contribution is 0.319. The molecule has 0 radical (unpaired) electrons. The van der Waals surface area contributed by atoms with Gasteiger partial charge >= 0.3 is 0 Å². The number of nitrogens with one attached hydrogen (secondary N) is 2. The summed E-state index contributed by atoms with van der Waals surface area (Å²) in [5.41, 5.74) is 1.41. The molecule has 2 N–H and O–H groups in total. The third-order valence-electron chi connectivity index (χ3n) is 4.65. The summed E-state index contributed by atoms with van der Waals surface area (Å²) in [6, 6.07) is 7.93. The molecule has 0 aliphatic heterocycles. The maximum atomic E-state index is 12.6. The second-order valence-corrected chi connectivity index (χ2v) is 7.68. The molecule has 0 amide bonds. The minimum absolute atomic E-state index is 0.0853. The van der Waals surface area contributed by atoms with E-state index >= 15 is 0 Å². The SMILES string of the molecule is CCOc1ccc2[nH]c(=O)c(CN(CCN(C)C)C(=S)N[C@H](C)CC)cc2c1. The van der Waals surface area contributed by atoms with Crippen LogP contribution in [0.15, 0.2) is 29.1 Å². The number of hydrogen-bond donors (Lipinski definition) is 2. The fourth-order valence-electron chi connectivity index (χ4n) is 2.79. The Morgan fingerprint density at radius 3 is 2.64 bits per heavy atom. The molecule has 2 aromatic rings. The van der Waals surface area contributed by atoms with Gasteiger partial charge in [-0.3, -0.25) is 4.79 Å². The van der Waals surface area contributed by atoms with Crippen LogP contribution in [-0.4, -0.2) is 59.7 Å². The van der Waals surface area contributed by atoms with Crippen LogP contribution in [0.3, 0.4) is 0 Å². The minimum atomic E-state index is -0.0853. The Kier molecular flexibility index (Phi) is 8.26. The highest BCUT2D eigenvalue weighted by Crippen LogP contribution is 2.19. The van der Waals surface area contributed by atoms with Gasteiger partial charge in [0, 0.05) is 35.6 Å². The summed E-state index contributed by atoms with van der Waals surface area (Å²) < 4.78 is 5.59. The molecule has 0 bridgehead atoms. The number of ether oxygens (including phenoxy) is 1. The molecule has 28 heavy (non-hydrogen) atoms. The number of aromatic nitrogens is 1. The fraction of sp³-hybridized carbons (Fsp3) is 0.524. The Bertz CT molecular complexity index is 850. The maximum Gasteiger partial charge on any atom is 0.253 e. The monoisotopic (exact) mass is 404 g/mol. The van der Waals surface area contributed by atoms with Gasteiger partial charge in [0.25, 0.3) is 5.56 Å². The fourth-order valence-corrected chi connectivity index (χ4v) is 3.14. The van der Waals surface area contributed by atoms with Crippen LogP contribution in [0.2, 0.25) is 0 Å². The van der Waals surface area contributed by atoms with Crippen molar-refractivity contribution in [2.24, 2.45) is 0 Å². The Balaban J connectivity index is 2.29. The molecule has 2 rings (SSSR count). The molecule has 1 aromatic heterocycles. The van der Waals surface area contributed by atoms with Crippen LogP contribution in [0.4, 0.5) is 0 Å². The number of hydrogen-bond acceptors (Lipinski definition) is 4. The van der Waals surface area contributed by atoms with Crippen molar-refractivity contribution in [2.45, 2.75) is 39.8 Å². The summed E-state index contributed by atoms with van der Waals surface area (Å²) in [5, 5.41) is 4.99. The number of rotatable bonds is 9. The number of thiocarbonyl (C=S) groups is 1. The highest BCUT2D eigenvalue weighted by Gasteiger charge is 2.15. The number of fused-ring (bicyclic) bond motifs is 1. The molecule has 0 aliphatic rings. The first kappa shape index (κ1) is 22.2. The van der Waals surface area contributed by atoms with Crippen LogP contribution < -0.4 is 15.6 Å². The molecule has 0 aliphatic carbocycles. The topological polar surface area (TPSA) is 60.6 Å². The standard InChI is InChI=1S/C21H32N4O2S/c1-6-15(3)22-21(28)25(11-10-24(4)5)14-17-12-16-13-18(27-7-2)8-9-19(16)23-20(17)26/h8-9,12-13,15H,6-7,10-11,14H2,1-5H3,(H,22,28)(H,23,26)/t15-/m1/s1. The molecule has 0 unspecified atom stereocenters. The first-order valence-electron chi connectivity index (χ1n) is 9.83. The molecule has 1 atom stereocenters. The van der Waals surface area contributed by atoms with E-state index in [0.29, 0.717) is 23.8 Å². The van der Waals surface area contributed by atoms with E-state index in [4.69, 9.17) is 17.0 Å². The highest BCUT2D eigenvalue weighted by molar-refractivity contribution is 7.80. The van der Waals surface area contributed by atoms with Gasteiger partial charge in [0.1, 0.15) is 5.75 Å². The zero-order valence-corrected chi connectivity index (χ0v) is 18.4. The molecule has 0 saturated carbocycles. The second-order valence-electron chi connectivity index (χ2n) is 7.29. The van der Waals surface area contributed by atoms with Crippen LogP contribution >= 0.6 is 12.2 Å². The first-order chi connectivity index (χ1) is 13.3. The van der Waals surface area contributed by atoms with Gasteiger partial charge in [0.15, 0.2) is 5.11 Å². The van der Waals surface area contributed by atoms with Crippen molar-refractivity contribution in [1.29, 1.82) is 0 Å². The van der Waals surface area contributed by atoms with Gasteiger partial charge in [0.05, 0.1) is 13.2 Å². The van der Waals surface area contributed by atoms with Gasteiger partial charge in [-0.25, -0.2) is 0 Å². The molecule has 0 spiro atoms. The Morgan fingerprint density at radius 2 is 2.00 bits per heavy atom. The van der Waals surface area contributed by atoms with Crippen molar-refractivity contribution in [3.05, 3.63) is 40.2 Å². The second kappa shape index (κ2) is 10.4. The van der Waals surface area contributed by atoms with E-state index in [2.05, 4.69) is 33.9 Å². The molecule has 0 fully saturated rings. The van der Waals surface area contributed by atoms with Crippen LogP contribution in [0.25, 0.3) is 10.9 Å². The summed E-state index contributed by atoms with van der Waals surface area (Å²) in [4.78, 5) is 19.8. The summed E-state index contributed by atoms with van der Waals surface area (Å²) in [6.07, 6.45) is 0.985. The molecular formula is C21H32N4O2S. The highest BCUT2D eigenvalue weighted by atomic mass is 32.1. The van der Waals surface area contributed by atoms with Crippen LogP contribution in [0, 0.1) is 0 Å². The van der Waals surface area contributed by atoms with Crippen molar-refractivity contribution in [3.8, 4) is 5.75 Å². The van der Waals surface area contributed by atoms with E-state index in [-0.39, 0.29) is 11.6 Å². The quantitative estimate of drug-likeness (QED) is 0.627. The van der Waals surface area contributed by atoms with Gasteiger partial charge < -0.3 is 24.8 Å². The zero-order valence-electron chi connectivity index (χ0n) is 17.5. The summed E-state index contributed by atoms with van der Waals surface area (Å²) in [5.74, 6) is 0.798. The number of nitrogens with zero attached hydrogens (tertiary/aromatic N) is 2. The summed E-state index contributed by atoms with van der Waals surface area (Å²) >= 11 is 5.63. The smallest absolute Gasteiger partial charge is 0.253 e. The van der Waals surface area contributed by atoms with E-state index in [0.717, 1.165) is 36.2 Å². The summed E-state index contributed by atoms with van der Waals surface area (Å²) in [7, 11) is 4.06. The minimum Gasteiger partial charge on any atom is -0.494 e. The Hall–Kier alpha value is -2.12. The lowest BCUT2D eigenvalue weighted by Gasteiger charge is -2.29. The van der Waals surface area contributed by atoms with Gasteiger partial charge in [-0.15, -0.1) is 0 Å². The number of aromatic amines is 1. The molecule has 7 heteroatoms. The van der Waals surface area contributed by atoms with Crippen molar-refractivity contribution in [1.82, 2.24) is 20.1 Å². The predicted molar refractivity (Wildman–Crippen MR) is 120 cm³/mol. The van der Waals surface area contributed by atoms with Crippen molar-refractivity contribution in [3.63, 3.8) is 0 Å². The van der Waals surface area contributed by atoms with Crippen molar-refractivity contribution >= 4 is 28.2 Å². The molecule has 6 nitrogen and oxygen atoms in total. The molecule has 154 valence electrons. The third-order valence-corrected chi connectivity index (χ3v) is 5.03. The van der Waals surface area contributed by atoms with Crippen LogP contribution in [-0.2, 0) is 6.54 Å². The first-order valence-corrected chi connectivity index (χ1v) is 10.2. The number of H-pyrrole nitrogens is 1. The number of likely N-dealkylation sites (N-methyl/N-ethyl adjacent to an activating group) is 1. The average molecular weight is 405 g/mol. The molecule has 1 heterocycles. The predicted octanol–water partition coefficient (Wildman–Crippen LogP) is 2.96. The third kappa shape index (κ3) is 6.21. The Labute approximate surface area is 172 Å². The van der Waals surface area contributed by atoms with Crippen LogP contribution in [0.1, 0.15) is 32.8 Å². The maximum absolute atomic E-state index is 12.6. The lowest BCUT2D eigenvalue weighted by Crippen LogP contribution is -2.46. The van der Waals surface area contributed by atoms with E-state index in [1.54, 1.807) is 0 Å². The van der Waals surface area contributed by atoms with Crippen molar-refractivity contribution < 1.29 is 4.74 Å². The van der Waals surface area contributed by atoms with E-state index in [1.165, 1.54) is 0 Å². The van der Waals surface area contributed by atoms with E-state index in [1.807, 2.05) is 45.3 Å². The van der Waals surface area contributed by atoms with Gasteiger partial charge in [-0.05, 0) is 70.8 Å². The van der Waals surface area contributed by atoms with Gasteiger partial charge in [-0.1, -0.05) is 6.92 Å². The van der Waals surface area contributed by atoms with E-state index < -0.39 is 0 Å². The summed E-state index contributed by atoms with van der Waals surface area (Å²) in [6.45, 7) is 8.84. The van der Waals surface area contributed by atoms with E-state index in [9.17, 15) is 4.79 Å². The normalized spacial score (nSPS) is 12.2. The molecule has 0 saturated heterocycles. The van der Waals surface area contributed by atoms with Crippen LogP contribution in [0.5, 0.6) is 5.75 Å². The molecule has 1 aromatic carbocycles. The lowest BCUT2D eigenvalue weighted by atomic mass is 10.1. The van der Waals surface area contributed by atoms with Crippen molar-refractivity contribution in [2.75, 3.05) is 33.8 Å². The average Bonchev–Trinajstić information content (AvgIpc) is 2.65.